The van der Waals surface area contributed by atoms with Gasteiger partial charge in [-0.1, -0.05) is 12.1 Å². The summed E-state index contributed by atoms with van der Waals surface area (Å²) in [6.07, 6.45) is 2.04. The van der Waals surface area contributed by atoms with Crippen LogP contribution in [-0.2, 0) is 17.8 Å². The molecule has 1 aromatic heterocycles. The Morgan fingerprint density at radius 2 is 2.27 bits per heavy atom. The van der Waals surface area contributed by atoms with E-state index in [2.05, 4.69) is 14.9 Å². The first kappa shape index (κ1) is 13.2. The molecule has 3 heterocycles. The number of aromatic amines is 1. The second-order valence-corrected chi connectivity index (χ2v) is 5.79. The molecule has 0 aliphatic carbocycles. The average molecular weight is 298 g/mol. The third kappa shape index (κ3) is 2.11. The lowest BCUT2D eigenvalue weighted by molar-refractivity contribution is -0.139. The van der Waals surface area contributed by atoms with E-state index in [0.717, 1.165) is 29.2 Å². The van der Waals surface area contributed by atoms with Gasteiger partial charge in [-0.05, 0) is 12.1 Å². The van der Waals surface area contributed by atoms with Gasteiger partial charge in [0.05, 0.1) is 36.5 Å². The summed E-state index contributed by atoms with van der Waals surface area (Å²) in [6, 6.07) is 7.82. The van der Waals surface area contributed by atoms with E-state index in [1.807, 2.05) is 36.2 Å². The number of H-pyrrole nitrogens is 1. The van der Waals surface area contributed by atoms with Gasteiger partial charge in [-0.3, -0.25) is 4.79 Å². The van der Waals surface area contributed by atoms with E-state index in [9.17, 15) is 4.79 Å². The lowest BCUT2D eigenvalue weighted by Gasteiger charge is -2.36. The fraction of sp³-hybridized carbons (Fsp3) is 0.375. The molecular weight excluding hydrogens is 280 g/mol. The molecule has 0 bridgehead atoms. The summed E-state index contributed by atoms with van der Waals surface area (Å²) >= 11 is 0. The molecule has 6 heteroatoms. The van der Waals surface area contributed by atoms with Gasteiger partial charge < -0.3 is 19.5 Å². The molecule has 0 saturated carbocycles. The third-order valence-corrected chi connectivity index (χ3v) is 4.35. The van der Waals surface area contributed by atoms with Crippen LogP contribution in [0.3, 0.4) is 0 Å². The maximum atomic E-state index is 12.8. The molecule has 2 aliphatic rings. The van der Waals surface area contributed by atoms with E-state index < -0.39 is 6.10 Å². The summed E-state index contributed by atoms with van der Waals surface area (Å²) in [7, 11) is 1.99. The first-order valence-corrected chi connectivity index (χ1v) is 7.49. The molecule has 1 aromatic carbocycles. The molecular formula is C16H18N4O2. The monoisotopic (exact) mass is 298 g/mol. The number of hydrogen-bond donors (Lipinski definition) is 1. The molecule has 6 nitrogen and oxygen atoms in total. The van der Waals surface area contributed by atoms with Crippen LogP contribution in [0.4, 0.5) is 5.69 Å². The number of ether oxygens (including phenoxy) is 1. The summed E-state index contributed by atoms with van der Waals surface area (Å²) in [4.78, 5) is 24.1. The number of likely N-dealkylation sites (N-methyl/N-ethyl adjacent to an activating group) is 1. The highest BCUT2D eigenvalue weighted by atomic mass is 16.5. The zero-order valence-electron chi connectivity index (χ0n) is 12.5. The highest BCUT2D eigenvalue weighted by molar-refractivity contribution is 5.83. The zero-order valence-corrected chi connectivity index (χ0v) is 12.5. The van der Waals surface area contributed by atoms with Crippen molar-refractivity contribution in [3.63, 3.8) is 0 Å². The van der Waals surface area contributed by atoms with Crippen molar-refractivity contribution in [2.75, 3.05) is 25.0 Å². The summed E-state index contributed by atoms with van der Waals surface area (Å²) in [6.45, 7) is 1.85. The molecule has 22 heavy (non-hydrogen) atoms. The van der Waals surface area contributed by atoms with Crippen molar-refractivity contribution in [3.05, 3.63) is 42.0 Å². The van der Waals surface area contributed by atoms with Crippen LogP contribution in [0.15, 0.2) is 30.6 Å². The summed E-state index contributed by atoms with van der Waals surface area (Å²) in [5, 5.41) is 0. The number of amides is 1. The second kappa shape index (κ2) is 5.05. The van der Waals surface area contributed by atoms with Gasteiger partial charge in [-0.15, -0.1) is 0 Å². The van der Waals surface area contributed by atoms with Crippen LogP contribution in [0, 0.1) is 0 Å². The number of nitrogens with one attached hydrogen (secondary N) is 1. The number of anilines is 1. The van der Waals surface area contributed by atoms with E-state index in [4.69, 9.17) is 4.74 Å². The van der Waals surface area contributed by atoms with Crippen molar-refractivity contribution in [2.45, 2.75) is 19.1 Å². The molecule has 2 aromatic rings. The van der Waals surface area contributed by atoms with E-state index in [-0.39, 0.29) is 5.91 Å². The number of nitrogens with zero attached hydrogens (tertiary/aromatic N) is 3. The number of carbonyl (C=O) groups is 1. The van der Waals surface area contributed by atoms with Crippen molar-refractivity contribution in [2.24, 2.45) is 0 Å². The minimum atomic E-state index is -0.454. The molecule has 114 valence electrons. The first-order chi connectivity index (χ1) is 10.7. The van der Waals surface area contributed by atoms with Gasteiger partial charge in [0.25, 0.3) is 5.91 Å². The Morgan fingerprint density at radius 1 is 1.41 bits per heavy atom. The van der Waals surface area contributed by atoms with Crippen molar-refractivity contribution < 1.29 is 9.53 Å². The molecule has 0 radical (unpaired) electrons. The lowest BCUT2D eigenvalue weighted by Crippen LogP contribution is -2.50. The van der Waals surface area contributed by atoms with Crippen molar-refractivity contribution in [1.82, 2.24) is 14.9 Å². The Balaban J connectivity index is 1.53. The van der Waals surface area contributed by atoms with Crippen molar-refractivity contribution in [1.29, 1.82) is 0 Å². The predicted molar refractivity (Wildman–Crippen MR) is 81.8 cm³/mol. The highest BCUT2D eigenvalue weighted by Crippen LogP contribution is 2.32. The third-order valence-electron chi connectivity index (χ3n) is 4.35. The number of benzene rings is 1. The Morgan fingerprint density at radius 3 is 3.18 bits per heavy atom. The molecule has 0 unspecified atom stereocenters. The standard InChI is InChI=1S/C16H18N4O2/c1-19-9-15(22-14-5-3-2-4-13(14)19)16(21)20-7-6-11-12(8-20)18-10-17-11/h2-5,10,15H,6-9H2,1H3,(H,17,18)/t15-/m0/s1. The lowest BCUT2D eigenvalue weighted by atomic mass is 10.1. The van der Waals surface area contributed by atoms with Gasteiger partial charge >= 0.3 is 0 Å². The number of imidazole rings is 1. The number of para-hydroxylation sites is 2. The maximum Gasteiger partial charge on any atom is 0.265 e. The summed E-state index contributed by atoms with van der Waals surface area (Å²) in [5.41, 5.74) is 3.13. The molecule has 4 rings (SSSR count). The smallest absolute Gasteiger partial charge is 0.265 e. The molecule has 1 amide bonds. The van der Waals surface area contributed by atoms with Crippen LogP contribution in [0.5, 0.6) is 5.75 Å². The van der Waals surface area contributed by atoms with Gasteiger partial charge in [0.1, 0.15) is 5.75 Å². The summed E-state index contributed by atoms with van der Waals surface area (Å²) in [5.74, 6) is 0.815. The largest absolute Gasteiger partial charge is 0.477 e. The second-order valence-electron chi connectivity index (χ2n) is 5.79. The number of aromatic nitrogens is 2. The van der Waals surface area contributed by atoms with Crippen LogP contribution in [-0.4, -0.2) is 47.0 Å². The van der Waals surface area contributed by atoms with Gasteiger partial charge in [-0.25, -0.2) is 4.98 Å². The minimum Gasteiger partial charge on any atom is -0.477 e. The molecule has 0 saturated heterocycles. The van der Waals surface area contributed by atoms with E-state index in [0.29, 0.717) is 19.6 Å². The van der Waals surface area contributed by atoms with E-state index in [1.54, 1.807) is 6.33 Å². The quantitative estimate of drug-likeness (QED) is 0.859. The van der Waals surface area contributed by atoms with Crippen LogP contribution in [0.2, 0.25) is 0 Å². The number of fused-ring (bicyclic) bond motifs is 2. The maximum absolute atomic E-state index is 12.8. The number of carbonyl (C=O) groups excluding carboxylic acids is 1. The molecule has 1 atom stereocenters. The molecule has 0 fully saturated rings. The summed E-state index contributed by atoms with van der Waals surface area (Å²) < 4.78 is 5.93. The Bertz CT molecular complexity index is 712. The van der Waals surface area contributed by atoms with Crippen LogP contribution < -0.4 is 9.64 Å². The number of hydrogen-bond acceptors (Lipinski definition) is 4. The van der Waals surface area contributed by atoms with Gasteiger partial charge in [0.2, 0.25) is 0 Å². The number of rotatable bonds is 1. The average Bonchev–Trinajstić information content (AvgIpc) is 3.01. The fourth-order valence-corrected chi connectivity index (χ4v) is 3.14. The molecule has 2 aliphatic heterocycles. The molecule has 1 N–H and O–H groups in total. The van der Waals surface area contributed by atoms with Gasteiger partial charge in [-0.2, -0.15) is 0 Å². The minimum absolute atomic E-state index is 0.0432. The first-order valence-electron chi connectivity index (χ1n) is 7.49. The fourth-order valence-electron chi connectivity index (χ4n) is 3.14. The highest BCUT2D eigenvalue weighted by Gasteiger charge is 2.33. The van der Waals surface area contributed by atoms with Crippen LogP contribution in [0.25, 0.3) is 0 Å². The van der Waals surface area contributed by atoms with Crippen LogP contribution in [0.1, 0.15) is 11.4 Å². The normalized spacial score (nSPS) is 20.1. The Labute approximate surface area is 128 Å². The predicted octanol–water partition coefficient (Wildman–Crippen LogP) is 1.19. The molecule has 0 spiro atoms. The van der Waals surface area contributed by atoms with E-state index in [1.165, 1.54) is 0 Å². The van der Waals surface area contributed by atoms with Gasteiger partial charge in [0, 0.05) is 20.0 Å². The van der Waals surface area contributed by atoms with E-state index >= 15 is 0 Å². The topological polar surface area (TPSA) is 61.5 Å². The Hall–Kier alpha value is -2.50. The van der Waals surface area contributed by atoms with Crippen LogP contribution >= 0.6 is 0 Å². The van der Waals surface area contributed by atoms with Gasteiger partial charge in [0.15, 0.2) is 6.10 Å². The SMILES string of the molecule is CN1C[C@@H](C(=O)N2CCc3nc[nH]c3C2)Oc2ccccc21. The van der Waals surface area contributed by atoms with Crippen molar-refractivity contribution >= 4 is 11.6 Å². The zero-order chi connectivity index (χ0) is 15.1. The Kier molecular flexibility index (Phi) is 3.03. The van der Waals surface area contributed by atoms with Crippen molar-refractivity contribution in [3.8, 4) is 5.75 Å².